The van der Waals surface area contributed by atoms with Crippen LogP contribution in [0.5, 0.6) is 0 Å². The van der Waals surface area contributed by atoms with Crippen molar-refractivity contribution < 1.29 is 23.1 Å². The first kappa shape index (κ1) is 17.8. The predicted molar refractivity (Wildman–Crippen MR) is 86.2 cm³/mol. The normalized spacial score (nSPS) is 16.7. The fourth-order valence-corrected chi connectivity index (χ4v) is 3.37. The van der Waals surface area contributed by atoms with Gasteiger partial charge in [0.25, 0.3) is 5.91 Å². The van der Waals surface area contributed by atoms with Gasteiger partial charge >= 0.3 is 6.43 Å². The Bertz CT molecular complexity index is 734. The van der Waals surface area contributed by atoms with E-state index in [0.717, 1.165) is 28.4 Å². The van der Waals surface area contributed by atoms with Crippen molar-refractivity contribution >= 4 is 17.2 Å². The number of hydrogen-bond acceptors (Lipinski definition) is 5. The van der Waals surface area contributed by atoms with Gasteiger partial charge in [-0.3, -0.25) is 4.79 Å². The summed E-state index contributed by atoms with van der Waals surface area (Å²) in [7, 11) is 0. The van der Waals surface area contributed by atoms with Gasteiger partial charge in [0.2, 0.25) is 0 Å². The number of aromatic nitrogens is 2. The molecule has 1 aromatic heterocycles. The quantitative estimate of drug-likeness (QED) is 0.785. The molecule has 0 aliphatic heterocycles. The summed E-state index contributed by atoms with van der Waals surface area (Å²) in [5.41, 5.74) is 1.11. The maximum atomic E-state index is 13.0. The summed E-state index contributed by atoms with van der Waals surface area (Å²) in [5, 5.41) is 22.0. The number of alkyl halides is 3. The van der Waals surface area contributed by atoms with Crippen molar-refractivity contribution in [2.45, 2.75) is 37.3 Å². The molecule has 1 aliphatic carbocycles. The van der Waals surface area contributed by atoms with Crippen LogP contribution in [0.25, 0.3) is 10.6 Å². The minimum Gasteiger partial charge on any atom is -0.386 e. The number of rotatable bonds is 7. The molecule has 0 saturated heterocycles. The molecule has 0 radical (unpaired) electrons. The van der Waals surface area contributed by atoms with Gasteiger partial charge in [-0.05, 0) is 18.4 Å². The maximum Gasteiger partial charge on any atom is 0.315 e. The van der Waals surface area contributed by atoms with Gasteiger partial charge in [0.05, 0.1) is 6.04 Å². The van der Waals surface area contributed by atoms with Crippen molar-refractivity contribution in [1.29, 1.82) is 0 Å². The largest absolute Gasteiger partial charge is 0.386 e. The van der Waals surface area contributed by atoms with E-state index >= 15 is 0 Å². The van der Waals surface area contributed by atoms with Gasteiger partial charge in [-0.1, -0.05) is 35.6 Å². The second kappa shape index (κ2) is 7.49. The van der Waals surface area contributed by atoms with E-state index in [-0.39, 0.29) is 0 Å². The lowest BCUT2D eigenvalue weighted by Gasteiger charge is -2.21. The molecule has 0 bridgehead atoms. The van der Waals surface area contributed by atoms with Gasteiger partial charge in [0, 0.05) is 11.5 Å². The monoisotopic (exact) mass is 371 g/mol. The van der Waals surface area contributed by atoms with Crippen molar-refractivity contribution in [2.24, 2.45) is 0 Å². The van der Waals surface area contributed by atoms with Crippen LogP contribution in [0.1, 0.15) is 35.4 Å². The number of aliphatic hydroxyl groups excluding tert-OH is 1. The summed E-state index contributed by atoms with van der Waals surface area (Å²) in [6.45, 7) is -1.16. The van der Waals surface area contributed by atoms with Crippen LogP contribution >= 0.6 is 11.3 Å². The fraction of sp³-hybridized carbons (Fsp3) is 0.438. The summed E-state index contributed by atoms with van der Waals surface area (Å²) < 4.78 is 37.5. The minimum atomic E-state index is -3.26. The first-order valence-electron chi connectivity index (χ1n) is 7.76. The third-order valence-corrected chi connectivity index (χ3v) is 5.07. The van der Waals surface area contributed by atoms with Crippen LogP contribution in [-0.4, -0.2) is 40.4 Å². The number of amides is 1. The number of nitrogens with zero attached hydrogens (tertiary/aromatic N) is 2. The van der Waals surface area contributed by atoms with E-state index < -0.39 is 31.2 Å². The molecule has 134 valence electrons. The molecule has 1 amide bonds. The van der Waals surface area contributed by atoms with E-state index in [1.165, 1.54) is 11.3 Å². The Balaban J connectivity index is 1.70. The van der Waals surface area contributed by atoms with Crippen LogP contribution in [0.3, 0.4) is 0 Å². The molecule has 1 saturated carbocycles. The van der Waals surface area contributed by atoms with E-state index in [4.69, 9.17) is 0 Å². The molecule has 1 aliphatic rings. The number of halogens is 3. The third kappa shape index (κ3) is 4.16. The number of nitrogens with one attached hydrogen (secondary N) is 1. The van der Waals surface area contributed by atoms with Crippen LogP contribution in [0.15, 0.2) is 24.3 Å². The highest BCUT2D eigenvalue weighted by Gasteiger charge is 2.28. The molecule has 0 spiro atoms. The van der Waals surface area contributed by atoms with Crippen LogP contribution in [0, 0.1) is 0 Å². The lowest BCUT2D eigenvalue weighted by molar-refractivity contribution is -0.133. The smallest absolute Gasteiger partial charge is 0.315 e. The van der Waals surface area contributed by atoms with Crippen LogP contribution in [-0.2, 0) is 4.79 Å². The average molecular weight is 371 g/mol. The van der Waals surface area contributed by atoms with E-state index in [9.17, 15) is 23.1 Å². The predicted octanol–water partition coefficient (Wildman–Crippen LogP) is 2.84. The van der Waals surface area contributed by atoms with Crippen molar-refractivity contribution in [1.82, 2.24) is 15.5 Å². The summed E-state index contributed by atoms with van der Waals surface area (Å²) in [4.78, 5) is 11.0. The highest BCUT2D eigenvalue weighted by molar-refractivity contribution is 7.14. The number of benzene rings is 1. The Morgan fingerprint density at radius 3 is 2.52 bits per heavy atom. The first-order chi connectivity index (χ1) is 12.0. The zero-order chi connectivity index (χ0) is 18.0. The third-order valence-electron chi connectivity index (χ3n) is 3.94. The zero-order valence-electron chi connectivity index (χ0n) is 13.0. The molecule has 5 nitrogen and oxygen atoms in total. The summed E-state index contributed by atoms with van der Waals surface area (Å²) in [6, 6.07) is 5.06. The lowest BCUT2D eigenvalue weighted by Crippen LogP contribution is -2.43. The van der Waals surface area contributed by atoms with Gasteiger partial charge in [0.15, 0.2) is 0 Å². The molecule has 2 aromatic rings. The lowest BCUT2D eigenvalue weighted by atomic mass is 10.0. The summed E-state index contributed by atoms with van der Waals surface area (Å²) >= 11 is 1.51. The molecule has 1 aromatic carbocycles. The molecule has 1 fully saturated rings. The Morgan fingerprint density at radius 1 is 1.28 bits per heavy atom. The summed E-state index contributed by atoms with van der Waals surface area (Å²) in [6.07, 6.45) is -2.43. The van der Waals surface area contributed by atoms with Crippen LogP contribution in [0.2, 0.25) is 0 Å². The molecular weight excluding hydrogens is 355 g/mol. The maximum absolute atomic E-state index is 13.0. The molecule has 3 rings (SSSR count). The number of carbonyl (C=O) groups excluding carboxylic acids is 1. The van der Waals surface area contributed by atoms with Crippen molar-refractivity contribution in [3.63, 3.8) is 0 Å². The zero-order valence-corrected chi connectivity index (χ0v) is 13.8. The number of hydrogen-bond donors (Lipinski definition) is 2. The Kier molecular flexibility index (Phi) is 5.33. The average Bonchev–Trinajstić information content (AvgIpc) is 3.36. The molecule has 9 heteroatoms. The van der Waals surface area contributed by atoms with Gasteiger partial charge in [-0.25, -0.2) is 4.39 Å². The van der Waals surface area contributed by atoms with Crippen LogP contribution < -0.4 is 5.32 Å². The van der Waals surface area contributed by atoms with Gasteiger partial charge < -0.3 is 10.4 Å². The number of carbonyl (C=O) groups is 1. The van der Waals surface area contributed by atoms with E-state index in [0.29, 0.717) is 11.5 Å². The highest BCUT2D eigenvalue weighted by atomic mass is 32.1. The van der Waals surface area contributed by atoms with Gasteiger partial charge in [-0.15, -0.1) is 10.2 Å². The van der Waals surface area contributed by atoms with E-state index in [1.54, 1.807) is 29.6 Å². The molecule has 2 N–H and O–H groups in total. The molecular formula is C16H16F3N3O2S. The molecule has 25 heavy (non-hydrogen) atoms. The Morgan fingerprint density at radius 2 is 1.96 bits per heavy atom. The first-order valence-corrected chi connectivity index (χ1v) is 8.57. The summed E-state index contributed by atoms with van der Waals surface area (Å²) in [5.74, 6) is -1.10. The minimum absolute atomic E-state index is 0.313. The molecule has 2 atom stereocenters. The fourth-order valence-electron chi connectivity index (χ4n) is 2.35. The van der Waals surface area contributed by atoms with E-state index in [2.05, 4.69) is 10.2 Å². The van der Waals surface area contributed by atoms with Gasteiger partial charge in [0.1, 0.15) is 22.8 Å². The molecule has 0 unspecified atom stereocenters. The van der Waals surface area contributed by atoms with E-state index in [1.807, 2.05) is 0 Å². The Labute approximate surface area is 145 Å². The Hall–Kier alpha value is -2.00. The molecule has 1 heterocycles. The van der Waals surface area contributed by atoms with Gasteiger partial charge in [-0.2, -0.15) is 8.78 Å². The number of aliphatic hydroxyl groups is 1. The SMILES string of the molecule is O=C(N[C@H](CF)[C@H](O)c1ccc(-c2nnc(C3CC3)s2)cc1)C(F)F. The second-order valence-corrected chi connectivity index (χ2v) is 6.87. The van der Waals surface area contributed by atoms with Crippen molar-refractivity contribution in [3.8, 4) is 10.6 Å². The van der Waals surface area contributed by atoms with Crippen molar-refractivity contribution in [3.05, 3.63) is 34.8 Å². The van der Waals surface area contributed by atoms with Crippen LogP contribution in [0.4, 0.5) is 13.2 Å². The van der Waals surface area contributed by atoms with Crippen molar-refractivity contribution in [2.75, 3.05) is 6.67 Å². The standard InChI is InChI=1S/C16H16F3N3O2S/c17-7-11(20-14(24)13(18)19)12(23)8-1-3-9(4-2-8)15-21-22-16(25-15)10-5-6-10/h1-4,10-13,23H,5-7H2,(H,20,24)/t11-,12-/m1/s1. The second-order valence-electron chi connectivity index (χ2n) is 5.86. The highest BCUT2D eigenvalue weighted by Crippen LogP contribution is 2.42. The topological polar surface area (TPSA) is 75.1 Å².